The maximum absolute atomic E-state index is 13.4. The number of ketones is 1. The molecule has 1 aliphatic rings. The van der Waals surface area contributed by atoms with Gasteiger partial charge in [0.1, 0.15) is 29.5 Å². The number of alkyl halides is 3. The molecule has 0 saturated heterocycles. The molecule has 182 valence electrons. The normalized spacial score (nSPS) is 13.4. The van der Waals surface area contributed by atoms with E-state index >= 15 is 0 Å². The number of aromatic nitrogens is 2. The van der Waals surface area contributed by atoms with Crippen molar-refractivity contribution in [3.63, 3.8) is 0 Å². The Morgan fingerprint density at radius 2 is 1.71 bits per heavy atom. The first-order valence-corrected chi connectivity index (χ1v) is 10.9. The minimum atomic E-state index is -4.85. The van der Waals surface area contributed by atoms with Crippen molar-refractivity contribution < 1.29 is 31.9 Å². The molecular formula is C24H18ClF4N3O3. The molecule has 1 aliphatic carbocycles. The standard InChI is InChI=1S/C24H18ClF4N3O3/c25-18-10-14(8-16(33)7-13-1-5-19(26)17(9-13)24(27,28)29)2-6-20(18)35-22-11-21(30-12-31-22)32-23(34)15-3-4-15/h1-2,5-6,9-12,15H,3-4,7-8H2,(H,30,31,32,34). The Kier molecular flexibility index (Phi) is 7.02. The van der Waals surface area contributed by atoms with Crippen LogP contribution in [0.1, 0.15) is 29.5 Å². The van der Waals surface area contributed by atoms with E-state index < -0.39 is 17.6 Å². The van der Waals surface area contributed by atoms with Crippen LogP contribution >= 0.6 is 11.6 Å². The van der Waals surface area contributed by atoms with Crippen molar-refractivity contribution in [3.8, 4) is 11.6 Å². The van der Waals surface area contributed by atoms with E-state index in [9.17, 15) is 27.2 Å². The maximum Gasteiger partial charge on any atom is 0.419 e. The zero-order valence-electron chi connectivity index (χ0n) is 18.0. The third-order valence-electron chi connectivity index (χ3n) is 5.19. The van der Waals surface area contributed by atoms with Gasteiger partial charge in [0.2, 0.25) is 11.8 Å². The number of carbonyl (C=O) groups is 2. The summed E-state index contributed by atoms with van der Waals surface area (Å²) in [7, 11) is 0. The summed E-state index contributed by atoms with van der Waals surface area (Å²) in [5.74, 6) is -1.19. The zero-order valence-corrected chi connectivity index (χ0v) is 18.8. The summed E-state index contributed by atoms with van der Waals surface area (Å²) in [6.45, 7) is 0. The Hall–Kier alpha value is -3.53. The summed E-state index contributed by atoms with van der Waals surface area (Å²) in [5, 5.41) is 2.87. The van der Waals surface area contributed by atoms with Crippen molar-refractivity contribution in [2.45, 2.75) is 31.9 Å². The van der Waals surface area contributed by atoms with Crippen molar-refractivity contribution >= 4 is 29.1 Å². The molecule has 0 unspecified atom stereocenters. The second-order valence-electron chi connectivity index (χ2n) is 8.08. The van der Waals surface area contributed by atoms with Gasteiger partial charge in [0.05, 0.1) is 10.6 Å². The summed E-state index contributed by atoms with van der Waals surface area (Å²) in [6.07, 6.45) is -2.30. The Labute approximate surface area is 202 Å². The zero-order chi connectivity index (χ0) is 25.2. The van der Waals surface area contributed by atoms with Crippen LogP contribution in [0.15, 0.2) is 48.8 Å². The lowest BCUT2D eigenvalue weighted by atomic mass is 10.0. The number of nitrogens with one attached hydrogen (secondary N) is 1. The number of anilines is 1. The predicted molar refractivity (Wildman–Crippen MR) is 119 cm³/mol. The fraction of sp³-hybridized carbons (Fsp3) is 0.250. The van der Waals surface area contributed by atoms with E-state index in [0.29, 0.717) is 23.5 Å². The molecule has 0 spiro atoms. The van der Waals surface area contributed by atoms with Crippen LogP contribution in [0.25, 0.3) is 0 Å². The molecule has 0 aliphatic heterocycles. The number of hydrogen-bond donors (Lipinski definition) is 1. The largest absolute Gasteiger partial charge is 0.437 e. The smallest absolute Gasteiger partial charge is 0.419 e. The van der Waals surface area contributed by atoms with Crippen LogP contribution in [0, 0.1) is 11.7 Å². The molecule has 1 saturated carbocycles. The molecule has 6 nitrogen and oxygen atoms in total. The van der Waals surface area contributed by atoms with Crippen LogP contribution in [0.2, 0.25) is 5.02 Å². The predicted octanol–water partition coefficient (Wildman–Crippen LogP) is 5.78. The summed E-state index contributed by atoms with van der Waals surface area (Å²) >= 11 is 6.27. The van der Waals surface area contributed by atoms with E-state index in [1.54, 1.807) is 6.07 Å². The number of carbonyl (C=O) groups excluding carboxylic acids is 2. The molecule has 2 aromatic carbocycles. The van der Waals surface area contributed by atoms with Crippen molar-refractivity contribution in [1.82, 2.24) is 9.97 Å². The molecule has 3 aromatic rings. The summed E-state index contributed by atoms with van der Waals surface area (Å²) in [5.41, 5.74) is -0.832. The van der Waals surface area contributed by atoms with Gasteiger partial charge in [-0.2, -0.15) is 13.2 Å². The Morgan fingerprint density at radius 1 is 1.03 bits per heavy atom. The Bertz CT molecular complexity index is 1280. The topological polar surface area (TPSA) is 81.2 Å². The highest BCUT2D eigenvalue weighted by Gasteiger charge is 2.34. The van der Waals surface area contributed by atoms with Gasteiger partial charge in [0, 0.05) is 24.8 Å². The molecule has 1 aromatic heterocycles. The fourth-order valence-electron chi connectivity index (χ4n) is 3.30. The first-order valence-electron chi connectivity index (χ1n) is 10.5. The lowest BCUT2D eigenvalue weighted by molar-refractivity contribution is -0.140. The fourth-order valence-corrected chi connectivity index (χ4v) is 3.55. The lowest BCUT2D eigenvalue weighted by Gasteiger charge is -2.11. The molecule has 0 atom stereocenters. The monoisotopic (exact) mass is 507 g/mol. The molecule has 1 fully saturated rings. The minimum absolute atomic E-state index is 0.00813. The Morgan fingerprint density at radius 3 is 2.37 bits per heavy atom. The molecule has 1 amide bonds. The molecule has 1 heterocycles. The van der Waals surface area contributed by atoms with Gasteiger partial charge in [0.25, 0.3) is 0 Å². The molecule has 0 radical (unpaired) electrons. The number of benzene rings is 2. The van der Waals surface area contributed by atoms with Crippen LogP contribution in [-0.2, 0) is 28.6 Å². The number of rotatable bonds is 8. The van der Waals surface area contributed by atoms with Gasteiger partial charge in [-0.15, -0.1) is 0 Å². The van der Waals surface area contributed by atoms with Crippen LogP contribution in [0.3, 0.4) is 0 Å². The van der Waals surface area contributed by atoms with E-state index in [2.05, 4.69) is 15.3 Å². The van der Waals surface area contributed by atoms with Crippen LogP contribution in [0.5, 0.6) is 11.6 Å². The van der Waals surface area contributed by atoms with E-state index in [-0.39, 0.29) is 52.7 Å². The average Bonchev–Trinajstić information content (AvgIpc) is 3.62. The van der Waals surface area contributed by atoms with E-state index in [4.69, 9.17) is 16.3 Å². The summed E-state index contributed by atoms with van der Waals surface area (Å²) in [4.78, 5) is 32.2. The van der Waals surface area contributed by atoms with Gasteiger partial charge in [-0.25, -0.2) is 14.4 Å². The van der Waals surface area contributed by atoms with Gasteiger partial charge >= 0.3 is 6.18 Å². The summed E-state index contributed by atoms with van der Waals surface area (Å²) < 4.78 is 57.8. The second-order valence-corrected chi connectivity index (χ2v) is 8.48. The number of amides is 1. The van der Waals surface area contributed by atoms with Crippen LogP contribution in [-0.4, -0.2) is 21.7 Å². The quantitative estimate of drug-likeness (QED) is 0.391. The maximum atomic E-state index is 13.4. The van der Waals surface area contributed by atoms with Crippen LogP contribution < -0.4 is 10.1 Å². The number of nitrogens with zero attached hydrogens (tertiary/aromatic N) is 2. The van der Waals surface area contributed by atoms with Gasteiger partial charge in [0.15, 0.2) is 0 Å². The highest BCUT2D eigenvalue weighted by Crippen LogP contribution is 2.33. The number of hydrogen-bond acceptors (Lipinski definition) is 5. The number of halogens is 5. The van der Waals surface area contributed by atoms with Gasteiger partial charge < -0.3 is 10.1 Å². The SMILES string of the molecule is O=C(Cc1ccc(Oc2cc(NC(=O)C3CC3)ncn2)c(Cl)c1)Cc1ccc(F)c(C(F)(F)F)c1. The first-order chi connectivity index (χ1) is 16.6. The van der Waals surface area contributed by atoms with E-state index in [1.165, 1.54) is 24.5 Å². The van der Waals surface area contributed by atoms with Gasteiger partial charge in [-0.1, -0.05) is 23.7 Å². The van der Waals surface area contributed by atoms with E-state index in [0.717, 1.165) is 18.9 Å². The minimum Gasteiger partial charge on any atom is -0.437 e. The molecule has 11 heteroatoms. The molecule has 0 bridgehead atoms. The van der Waals surface area contributed by atoms with Crippen molar-refractivity contribution in [2.24, 2.45) is 5.92 Å². The van der Waals surface area contributed by atoms with Crippen molar-refractivity contribution in [3.05, 3.63) is 76.3 Å². The van der Waals surface area contributed by atoms with Crippen LogP contribution in [0.4, 0.5) is 23.4 Å². The second kappa shape index (κ2) is 9.99. The molecule has 4 rings (SSSR count). The number of ether oxygens (including phenoxy) is 1. The Balaban J connectivity index is 1.39. The van der Waals surface area contributed by atoms with Gasteiger partial charge in [-0.05, 0) is 48.2 Å². The molecule has 35 heavy (non-hydrogen) atoms. The highest BCUT2D eigenvalue weighted by molar-refractivity contribution is 6.32. The number of Topliss-reactive ketones (excluding diaryl/α,β-unsaturated/α-hetero) is 1. The summed E-state index contributed by atoms with van der Waals surface area (Å²) in [6, 6.07) is 8.54. The third kappa shape index (κ3) is 6.54. The third-order valence-corrected chi connectivity index (χ3v) is 5.49. The average molecular weight is 508 g/mol. The van der Waals surface area contributed by atoms with Crippen molar-refractivity contribution in [1.29, 1.82) is 0 Å². The van der Waals surface area contributed by atoms with E-state index in [1.807, 2.05) is 0 Å². The van der Waals surface area contributed by atoms with Crippen molar-refractivity contribution in [2.75, 3.05) is 5.32 Å². The van der Waals surface area contributed by atoms with Gasteiger partial charge in [-0.3, -0.25) is 9.59 Å². The highest BCUT2D eigenvalue weighted by atomic mass is 35.5. The lowest BCUT2D eigenvalue weighted by Crippen LogP contribution is -2.14. The molecular weight excluding hydrogens is 490 g/mol. The molecule has 1 N–H and O–H groups in total. The first kappa shape index (κ1) is 24.6.